The molecule has 0 bridgehead atoms. The topological polar surface area (TPSA) is 58.5 Å². The van der Waals surface area contributed by atoms with Crippen molar-refractivity contribution in [3.63, 3.8) is 0 Å². The van der Waals surface area contributed by atoms with Gasteiger partial charge in [-0.3, -0.25) is 9.88 Å². The van der Waals surface area contributed by atoms with E-state index in [0.29, 0.717) is 25.4 Å². The Balaban J connectivity index is 1.63. The van der Waals surface area contributed by atoms with Crippen molar-refractivity contribution in [2.24, 2.45) is 0 Å². The molecule has 7 heteroatoms. The number of ether oxygens (including phenoxy) is 1. The Morgan fingerprint density at radius 2 is 2.24 bits per heavy atom. The second kappa shape index (κ2) is 7.45. The van der Waals surface area contributed by atoms with Gasteiger partial charge in [0.25, 0.3) is 0 Å². The molecule has 5 nitrogen and oxygen atoms in total. The molecule has 1 aliphatic heterocycles. The summed E-state index contributed by atoms with van der Waals surface area (Å²) in [7, 11) is 0. The summed E-state index contributed by atoms with van der Waals surface area (Å²) in [5.41, 5.74) is 1.57. The van der Waals surface area contributed by atoms with E-state index in [-0.39, 0.29) is 11.5 Å². The van der Waals surface area contributed by atoms with Crippen molar-refractivity contribution < 1.29 is 14.2 Å². The summed E-state index contributed by atoms with van der Waals surface area (Å²) in [5.74, 6) is -0.402. The summed E-state index contributed by atoms with van der Waals surface area (Å²) < 4.78 is 18.8. The first-order valence-electron chi connectivity index (χ1n) is 8.42. The summed E-state index contributed by atoms with van der Waals surface area (Å²) in [4.78, 5) is 10.8. The van der Waals surface area contributed by atoms with Crippen LogP contribution in [0.2, 0.25) is 0 Å². The maximum Gasteiger partial charge on any atom is 0.141 e. The average Bonchev–Trinajstić information content (AvgIpc) is 3.06. The lowest BCUT2D eigenvalue weighted by molar-refractivity contribution is -0.0429. The quantitative estimate of drug-likeness (QED) is 0.902. The van der Waals surface area contributed by atoms with Crippen LogP contribution in [0.1, 0.15) is 49.4 Å². The summed E-state index contributed by atoms with van der Waals surface area (Å²) in [5, 5.41) is 13.4. The predicted octanol–water partition coefficient (Wildman–Crippen LogP) is 3.08. The van der Waals surface area contributed by atoms with Crippen molar-refractivity contribution in [2.75, 3.05) is 26.2 Å². The number of aliphatic hydroxyl groups is 1. The molecule has 1 aliphatic rings. The highest BCUT2D eigenvalue weighted by Crippen LogP contribution is 2.30. The van der Waals surface area contributed by atoms with E-state index in [9.17, 15) is 9.50 Å². The van der Waals surface area contributed by atoms with Gasteiger partial charge in [0.05, 0.1) is 24.2 Å². The van der Waals surface area contributed by atoms with E-state index < -0.39 is 11.9 Å². The number of morpholine rings is 1. The molecule has 3 heterocycles. The Kier molecular flexibility index (Phi) is 5.48. The number of aromatic nitrogens is 2. The van der Waals surface area contributed by atoms with E-state index in [1.165, 1.54) is 12.1 Å². The van der Waals surface area contributed by atoms with Gasteiger partial charge in [0.1, 0.15) is 23.0 Å². The van der Waals surface area contributed by atoms with E-state index in [2.05, 4.69) is 36.0 Å². The molecule has 0 amide bonds. The monoisotopic (exact) mass is 365 g/mol. The van der Waals surface area contributed by atoms with Crippen molar-refractivity contribution in [2.45, 2.75) is 38.4 Å². The van der Waals surface area contributed by atoms with Crippen molar-refractivity contribution in [1.82, 2.24) is 14.9 Å². The number of aliphatic hydroxyl groups excluding tert-OH is 1. The number of nitrogens with zero attached hydrogens (tertiary/aromatic N) is 3. The molecule has 0 radical (unpaired) electrons. The van der Waals surface area contributed by atoms with Crippen LogP contribution in [0.5, 0.6) is 0 Å². The third kappa shape index (κ3) is 4.61. The molecule has 0 saturated carbocycles. The molecule has 2 atom stereocenters. The molecule has 0 unspecified atom stereocenters. The second-order valence-corrected chi connectivity index (χ2v) is 8.25. The van der Waals surface area contributed by atoms with Crippen LogP contribution in [0.4, 0.5) is 4.39 Å². The molecule has 1 saturated heterocycles. The lowest BCUT2D eigenvalue weighted by Gasteiger charge is -2.33. The van der Waals surface area contributed by atoms with Gasteiger partial charge in [-0.05, 0) is 12.1 Å². The number of thiazole rings is 1. The molecule has 1 fully saturated rings. The Hall–Kier alpha value is -1.41. The third-order valence-electron chi connectivity index (χ3n) is 4.24. The minimum Gasteiger partial charge on any atom is -0.385 e. The number of β-amino-alcohol motifs (C(OH)–C–C–N with tert-alkyl or cyclic N) is 1. The zero-order chi connectivity index (χ0) is 18.0. The fraction of sp³-hybridized carbons (Fsp3) is 0.556. The summed E-state index contributed by atoms with van der Waals surface area (Å²) in [6.07, 6.45) is 0.300. The van der Waals surface area contributed by atoms with Gasteiger partial charge in [0.2, 0.25) is 0 Å². The molecule has 3 rings (SSSR count). The zero-order valence-corrected chi connectivity index (χ0v) is 15.6. The van der Waals surface area contributed by atoms with Gasteiger partial charge < -0.3 is 9.84 Å². The number of rotatable bonds is 4. The average molecular weight is 365 g/mol. The van der Waals surface area contributed by atoms with Gasteiger partial charge in [-0.25, -0.2) is 9.37 Å². The van der Waals surface area contributed by atoms with Crippen LogP contribution in [0.15, 0.2) is 23.7 Å². The highest BCUT2D eigenvalue weighted by Gasteiger charge is 2.28. The Morgan fingerprint density at radius 3 is 2.88 bits per heavy atom. The van der Waals surface area contributed by atoms with E-state index >= 15 is 0 Å². The summed E-state index contributed by atoms with van der Waals surface area (Å²) in [6, 6.07) is 2.84. The molecule has 136 valence electrons. The highest BCUT2D eigenvalue weighted by molar-refractivity contribution is 7.09. The molecule has 2 aromatic heterocycles. The number of hydrogen-bond donors (Lipinski definition) is 1. The van der Waals surface area contributed by atoms with Crippen LogP contribution in [-0.2, 0) is 10.2 Å². The Bertz CT molecular complexity index is 699. The van der Waals surface area contributed by atoms with Crippen LogP contribution in [0.25, 0.3) is 0 Å². The SMILES string of the molecule is CC(C)(C)c1csc([C@H]2CN(C[C@@H](O)c3ccc(F)cn3)CCO2)n1. The molecule has 25 heavy (non-hydrogen) atoms. The smallest absolute Gasteiger partial charge is 0.141 e. The van der Waals surface area contributed by atoms with E-state index in [1.807, 2.05) is 0 Å². The van der Waals surface area contributed by atoms with Crippen LogP contribution < -0.4 is 0 Å². The minimum atomic E-state index is -0.749. The minimum absolute atomic E-state index is 0.0214. The lowest BCUT2D eigenvalue weighted by Crippen LogP contribution is -2.40. The molecule has 1 N–H and O–H groups in total. The van der Waals surface area contributed by atoms with Crippen LogP contribution in [-0.4, -0.2) is 46.2 Å². The van der Waals surface area contributed by atoms with Gasteiger partial charge in [-0.2, -0.15) is 0 Å². The van der Waals surface area contributed by atoms with Gasteiger partial charge in [-0.1, -0.05) is 20.8 Å². The van der Waals surface area contributed by atoms with Crippen molar-refractivity contribution in [1.29, 1.82) is 0 Å². The fourth-order valence-corrected chi connectivity index (χ4v) is 3.80. The molecular weight excluding hydrogens is 341 g/mol. The van der Waals surface area contributed by atoms with Crippen LogP contribution in [0, 0.1) is 5.82 Å². The standard InChI is InChI=1S/C18H24FN3O2S/c1-18(2,3)16-11-25-17(21-16)15-10-22(6-7-24-15)9-14(23)13-5-4-12(19)8-20-13/h4-5,8,11,14-15,23H,6-7,9-10H2,1-3H3/t14-,15-/m1/s1. The molecular formula is C18H24FN3O2S. The number of hydrogen-bond acceptors (Lipinski definition) is 6. The molecule has 0 aromatic carbocycles. The third-order valence-corrected chi connectivity index (χ3v) is 5.18. The maximum atomic E-state index is 13.0. The first-order valence-corrected chi connectivity index (χ1v) is 9.30. The van der Waals surface area contributed by atoms with Gasteiger partial charge >= 0.3 is 0 Å². The fourth-order valence-electron chi connectivity index (χ4n) is 2.72. The first kappa shape index (κ1) is 18.4. The number of pyridine rings is 1. The van der Waals surface area contributed by atoms with E-state index in [0.717, 1.165) is 23.4 Å². The maximum absolute atomic E-state index is 13.0. The zero-order valence-electron chi connectivity index (χ0n) is 14.8. The van der Waals surface area contributed by atoms with Gasteiger partial charge in [0, 0.05) is 30.4 Å². The Morgan fingerprint density at radius 1 is 1.44 bits per heavy atom. The van der Waals surface area contributed by atoms with Gasteiger partial charge in [0.15, 0.2) is 0 Å². The van der Waals surface area contributed by atoms with Crippen molar-refractivity contribution in [3.8, 4) is 0 Å². The molecule has 0 aliphatic carbocycles. The lowest BCUT2D eigenvalue weighted by atomic mass is 9.93. The second-order valence-electron chi connectivity index (χ2n) is 7.36. The number of halogens is 1. The van der Waals surface area contributed by atoms with Crippen LogP contribution >= 0.6 is 11.3 Å². The van der Waals surface area contributed by atoms with Gasteiger partial charge in [-0.15, -0.1) is 11.3 Å². The van der Waals surface area contributed by atoms with Crippen molar-refractivity contribution in [3.05, 3.63) is 45.9 Å². The van der Waals surface area contributed by atoms with Crippen molar-refractivity contribution >= 4 is 11.3 Å². The van der Waals surface area contributed by atoms with E-state index in [4.69, 9.17) is 9.72 Å². The normalized spacial score (nSPS) is 20.6. The first-order chi connectivity index (χ1) is 11.8. The molecule has 0 spiro atoms. The highest BCUT2D eigenvalue weighted by atomic mass is 32.1. The Labute approximate surface area is 151 Å². The molecule has 2 aromatic rings. The predicted molar refractivity (Wildman–Crippen MR) is 95.1 cm³/mol. The van der Waals surface area contributed by atoms with Crippen LogP contribution in [0.3, 0.4) is 0 Å². The summed E-state index contributed by atoms with van der Waals surface area (Å²) in [6.45, 7) is 8.89. The van der Waals surface area contributed by atoms with E-state index in [1.54, 1.807) is 11.3 Å². The summed E-state index contributed by atoms with van der Waals surface area (Å²) >= 11 is 1.62. The largest absolute Gasteiger partial charge is 0.385 e.